The number of aliphatic hydroxyl groups is 2. The fourth-order valence-corrected chi connectivity index (χ4v) is 1.97. The van der Waals surface area contributed by atoms with E-state index in [-0.39, 0.29) is 6.61 Å². The number of hydrogen-bond acceptors (Lipinski definition) is 5. The van der Waals surface area contributed by atoms with E-state index in [0.717, 1.165) is 23.0 Å². The van der Waals surface area contributed by atoms with Crippen molar-refractivity contribution in [2.75, 3.05) is 12.4 Å². The lowest BCUT2D eigenvalue weighted by atomic mass is 10.3. The molecular formula is C10H16N2O2S. The van der Waals surface area contributed by atoms with Gasteiger partial charge in [-0.3, -0.25) is 0 Å². The van der Waals surface area contributed by atoms with Crippen molar-refractivity contribution < 1.29 is 10.2 Å². The Balaban J connectivity index is 2.64. The predicted molar refractivity (Wildman–Crippen MR) is 60.0 cm³/mol. The SMILES string of the molecule is CCc1cc(SCC(O)CO)nc(C)n1. The molecule has 1 rings (SSSR count). The normalized spacial score (nSPS) is 12.8. The Kier molecular flexibility index (Phi) is 5.01. The molecule has 1 aromatic rings. The zero-order chi connectivity index (χ0) is 11.3. The van der Waals surface area contributed by atoms with Crippen LogP contribution in [0.3, 0.4) is 0 Å². The smallest absolute Gasteiger partial charge is 0.126 e. The van der Waals surface area contributed by atoms with E-state index in [2.05, 4.69) is 9.97 Å². The Morgan fingerprint density at radius 1 is 1.47 bits per heavy atom. The van der Waals surface area contributed by atoms with Crippen LogP contribution in [0.1, 0.15) is 18.4 Å². The summed E-state index contributed by atoms with van der Waals surface area (Å²) >= 11 is 1.44. The van der Waals surface area contributed by atoms with E-state index in [4.69, 9.17) is 5.11 Å². The minimum absolute atomic E-state index is 0.211. The lowest BCUT2D eigenvalue weighted by Gasteiger charge is -2.07. The van der Waals surface area contributed by atoms with Crippen molar-refractivity contribution in [3.63, 3.8) is 0 Å². The topological polar surface area (TPSA) is 66.2 Å². The molecule has 0 aromatic carbocycles. The van der Waals surface area contributed by atoms with Crippen LogP contribution in [0, 0.1) is 6.92 Å². The third-order valence-corrected chi connectivity index (χ3v) is 2.92. The van der Waals surface area contributed by atoms with Crippen LogP contribution in [0.2, 0.25) is 0 Å². The fraction of sp³-hybridized carbons (Fsp3) is 0.600. The maximum atomic E-state index is 9.20. The highest BCUT2D eigenvalue weighted by Gasteiger charge is 2.05. The molecule has 2 N–H and O–H groups in total. The van der Waals surface area contributed by atoms with Gasteiger partial charge in [-0.15, -0.1) is 11.8 Å². The second-order valence-electron chi connectivity index (χ2n) is 3.25. The molecule has 0 aliphatic heterocycles. The van der Waals surface area contributed by atoms with Gasteiger partial charge in [0.15, 0.2) is 0 Å². The summed E-state index contributed by atoms with van der Waals surface area (Å²) in [4.78, 5) is 8.51. The van der Waals surface area contributed by atoms with E-state index >= 15 is 0 Å². The maximum Gasteiger partial charge on any atom is 0.126 e. The number of aryl methyl sites for hydroxylation is 2. The molecule has 0 fully saturated rings. The summed E-state index contributed by atoms with van der Waals surface area (Å²) in [6.45, 7) is 3.68. The second-order valence-corrected chi connectivity index (χ2v) is 4.29. The van der Waals surface area contributed by atoms with E-state index < -0.39 is 6.10 Å². The molecule has 5 heteroatoms. The summed E-state index contributed by atoms with van der Waals surface area (Å²) in [7, 11) is 0. The molecule has 4 nitrogen and oxygen atoms in total. The standard InChI is InChI=1S/C10H16N2O2S/c1-3-8-4-10(12-7(2)11-8)15-6-9(14)5-13/h4,9,13-14H,3,5-6H2,1-2H3. The van der Waals surface area contributed by atoms with E-state index in [0.29, 0.717) is 5.75 Å². The van der Waals surface area contributed by atoms with Crippen LogP contribution >= 0.6 is 11.8 Å². The van der Waals surface area contributed by atoms with Crippen molar-refractivity contribution in [1.82, 2.24) is 9.97 Å². The highest BCUT2D eigenvalue weighted by molar-refractivity contribution is 7.99. The lowest BCUT2D eigenvalue weighted by molar-refractivity contribution is 0.113. The molecule has 84 valence electrons. The van der Waals surface area contributed by atoms with Gasteiger partial charge in [0.05, 0.1) is 12.7 Å². The van der Waals surface area contributed by atoms with Gasteiger partial charge in [-0.2, -0.15) is 0 Å². The van der Waals surface area contributed by atoms with Crippen LogP contribution < -0.4 is 0 Å². The molecule has 1 aromatic heterocycles. The van der Waals surface area contributed by atoms with Gasteiger partial charge in [0.2, 0.25) is 0 Å². The first kappa shape index (κ1) is 12.4. The number of hydrogen-bond donors (Lipinski definition) is 2. The van der Waals surface area contributed by atoms with Crippen molar-refractivity contribution in [1.29, 1.82) is 0 Å². The summed E-state index contributed by atoms with van der Waals surface area (Å²) < 4.78 is 0. The molecule has 0 spiro atoms. The van der Waals surface area contributed by atoms with Gasteiger partial charge in [0, 0.05) is 11.4 Å². The summed E-state index contributed by atoms with van der Waals surface area (Å²) in [5.41, 5.74) is 1.00. The highest BCUT2D eigenvalue weighted by Crippen LogP contribution is 2.17. The monoisotopic (exact) mass is 228 g/mol. The van der Waals surface area contributed by atoms with Gasteiger partial charge < -0.3 is 10.2 Å². The molecule has 0 radical (unpaired) electrons. The van der Waals surface area contributed by atoms with Crippen LogP contribution in [0.15, 0.2) is 11.1 Å². The number of rotatable bonds is 5. The van der Waals surface area contributed by atoms with Gasteiger partial charge >= 0.3 is 0 Å². The molecule has 1 heterocycles. The van der Waals surface area contributed by atoms with Gasteiger partial charge in [-0.1, -0.05) is 6.92 Å². The van der Waals surface area contributed by atoms with Gasteiger partial charge in [-0.25, -0.2) is 9.97 Å². The molecule has 0 bridgehead atoms. The molecule has 15 heavy (non-hydrogen) atoms. The Morgan fingerprint density at radius 2 is 2.20 bits per heavy atom. The van der Waals surface area contributed by atoms with Crippen LogP contribution in [-0.4, -0.2) is 38.6 Å². The minimum atomic E-state index is -0.685. The summed E-state index contributed by atoms with van der Waals surface area (Å²) in [6.07, 6.45) is 0.190. The third kappa shape index (κ3) is 4.15. The first-order valence-electron chi connectivity index (χ1n) is 4.92. The number of aliphatic hydroxyl groups excluding tert-OH is 2. The fourth-order valence-electron chi connectivity index (χ4n) is 1.09. The molecule has 0 amide bonds. The van der Waals surface area contributed by atoms with Crippen LogP contribution in [-0.2, 0) is 6.42 Å². The Bertz CT molecular complexity index is 320. The van der Waals surface area contributed by atoms with E-state index in [9.17, 15) is 5.11 Å². The second kappa shape index (κ2) is 6.05. The summed E-state index contributed by atoms with van der Waals surface area (Å²) in [5, 5.41) is 18.7. The average Bonchev–Trinajstić information content (AvgIpc) is 2.25. The van der Waals surface area contributed by atoms with Crippen LogP contribution in [0.4, 0.5) is 0 Å². The third-order valence-electron chi connectivity index (χ3n) is 1.86. The first-order chi connectivity index (χ1) is 7.15. The Morgan fingerprint density at radius 3 is 2.80 bits per heavy atom. The first-order valence-corrected chi connectivity index (χ1v) is 5.90. The van der Waals surface area contributed by atoms with Crippen molar-refractivity contribution in [2.24, 2.45) is 0 Å². The van der Waals surface area contributed by atoms with Crippen LogP contribution in [0.5, 0.6) is 0 Å². The molecule has 0 aliphatic rings. The number of aromatic nitrogens is 2. The number of nitrogens with zero attached hydrogens (tertiary/aromatic N) is 2. The Hall–Kier alpha value is -0.650. The van der Waals surface area contributed by atoms with Crippen molar-refractivity contribution in [2.45, 2.75) is 31.4 Å². The quantitative estimate of drug-likeness (QED) is 0.576. The Labute approximate surface area is 93.8 Å². The van der Waals surface area contributed by atoms with Gasteiger partial charge in [0.25, 0.3) is 0 Å². The summed E-state index contributed by atoms with van der Waals surface area (Å²) in [6, 6.07) is 1.92. The minimum Gasteiger partial charge on any atom is -0.394 e. The largest absolute Gasteiger partial charge is 0.394 e. The molecule has 1 unspecified atom stereocenters. The number of thioether (sulfide) groups is 1. The van der Waals surface area contributed by atoms with Gasteiger partial charge in [-0.05, 0) is 19.4 Å². The van der Waals surface area contributed by atoms with Crippen molar-refractivity contribution in [3.8, 4) is 0 Å². The van der Waals surface area contributed by atoms with E-state index in [1.807, 2.05) is 19.9 Å². The van der Waals surface area contributed by atoms with E-state index in [1.54, 1.807) is 0 Å². The predicted octanol–water partition coefficient (Wildman–Crippen LogP) is 0.793. The maximum absolute atomic E-state index is 9.20. The highest BCUT2D eigenvalue weighted by atomic mass is 32.2. The molecule has 0 aliphatic carbocycles. The lowest BCUT2D eigenvalue weighted by Crippen LogP contribution is -2.14. The summed E-state index contributed by atoms with van der Waals surface area (Å²) in [5.74, 6) is 1.20. The van der Waals surface area contributed by atoms with Gasteiger partial charge in [0.1, 0.15) is 10.9 Å². The molecule has 0 saturated carbocycles. The van der Waals surface area contributed by atoms with Crippen molar-refractivity contribution >= 4 is 11.8 Å². The van der Waals surface area contributed by atoms with Crippen LogP contribution in [0.25, 0.3) is 0 Å². The zero-order valence-corrected chi connectivity index (χ0v) is 9.79. The molecule has 0 saturated heterocycles. The molecule has 1 atom stereocenters. The van der Waals surface area contributed by atoms with E-state index in [1.165, 1.54) is 11.8 Å². The molecular weight excluding hydrogens is 212 g/mol. The van der Waals surface area contributed by atoms with Crippen molar-refractivity contribution in [3.05, 3.63) is 17.6 Å². The average molecular weight is 228 g/mol. The zero-order valence-electron chi connectivity index (χ0n) is 8.97.